The number of hydrogen-bond acceptors (Lipinski definition) is 5. The molecule has 1 aromatic carbocycles. The van der Waals surface area contributed by atoms with Crippen molar-refractivity contribution in [3.05, 3.63) is 53.1 Å². The fourth-order valence-corrected chi connectivity index (χ4v) is 4.10. The van der Waals surface area contributed by atoms with E-state index < -0.39 is 34.5 Å². The van der Waals surface area contributed by atoms with E-state index in [0.717, 1.165) is 4.31 Å². The number of carbonyl (C=O) groups is 2. The summed E-state index contributed by atoms with van der Waals surface area (Å²) in [4.78, 5) is 29.2. The van der Waals surface area contributed by atoms with Crippen LogP contribution in [0.2, 0.25) is 5.15 Å². The lowest BCUT2D eigenvalue weighted by Gasteiger charge is -2.22. The minimum atomic E-state index is -1.93. The van der Waals surface area contributed by atoms with Crippen molar-refractivity contribution in [2.24, 2.45) is 5.92 Å². The molecule has 2 aromatic rings. The molecule has 2 atom stereocenters. The maximum Gasteiger partial charge on any atom is 0.240 e. The first kappa shape index (κ1) is 20.2. The van der Waals surface area contributed by atoms with Crippen LogP contribution in [0.5, 0.6) is 5.75 Å². The molecule has 148 valence electrons. The topological polar surface area (TPSA) is 88.6 Å². The second-order valence-corrected chi connectivity index (χ2v) is 7.90. The lowest BCUT2D eigenvalue weighted by atomic mass is 9.97. The Kier molecular flexibility index (Phi) is 6.25. The van der Waals surface area contributed by atoms with Gasteiger partial charge in [-0.05, 0) is 42.3 Å². The molecule has 1 saturated heterocycles. The number of pyridine rings is 1. The van der Waals surface area contributed by atoms with Crippen molar-refractivity contribution in [2.45, 2.75) is 11.3 Å². The molecule has 2 heterocycles. The average molecular weight is 426 g/mol. The van der Waals surface area contributed by atoms with E-state index in [0.29, 0.717) is 11.3 Å². The Labute approximate surface area is 168 Å². The van der Waals surface area contributed by atoms with Gasteiger partial charge >= 0.3 is 0 Å². The number of halogens is 2. The Morgan fingerprint density at radius 2 is 2.14 bits per heavy atom. The molecule has 0 saturated carbocycles. The highest BCUT2D eigenvalue weighted by atomic mass is 35.5. The maximum atomic E-state index is 13.6. The highest BCUT2D eigenvalue weighted by molar-refractivity contribution is 7.83. The molecule has 1 aliphatic heterocycles. The lowest BCUT2D eigenvalue weighted by molar-refractivity contribution is -0.131. The van der Waals surface area contributed by atoms with Crippen LogP contribution in [0.15, 0.2) is 41.4 Å². The molecule has 2 amide bonds. The third-order valence-electron chi connectivity index (χ3n) is 4.24. The summed E-state index contributed by atoms with van der Waals surface area (Å²) in [6, 6.07) is 6.94. The molecular weight excluding hydrogens is 409 g/mol. The Morgan fingerprint density at radius 1 is 1.36 bits per heavy atom. The summed E-state index contributed by atoms with van der Waals surface area (Å²) < 4.78 is 32.7. The minimum absolute atomic E-state index is 0.0455. The summed E-state index contributed by atoms with van der Waals surface area (Å²) in [5, 5.41) is 2.85. The van der Waals surface area contributed by atoms with Gasteiger partial charge in [0, 0.05) is 12.7 Å². The number of nitrogens with zero attached hydrogens (tertiary/aromatic N) is 2. The van der Waals surface area contributed by atoms with E-state index in [4.69, 9.17) is 16.3 Å². The van der Waals surface area contributed by atoms with Gasteiger partial charge in [-0.1, -0.05) is 11.6 Å². The van der Waals surface area contributed by atoms with Crippen LogP contribution in [-0.4, -0.2) is 45.5 Å². The highest BCUT2D eigenvalue weighted by Gasteiger charge is 2.34. The average Bonchev–Trinajstić information content (AvgIpc) is 2.82. The van der Waals surface area contributed by atoms with Gasteiger partial charge in [-0.3, -0.25) is 9.59 Å². The van der Waals surface area contributed by atoms with Crippen molar-refractivity contribution >= 4 is 34.4 Å². The molecule has 2 unspecified atom stereocenters. The van der Waals surface area contributed by atoms with Gasteiger partial charge in [0.05, 0.1) is 17.9 Å². The summed E-state index contributed by atoms with van der Waals surface area (Å²) in [6.45, 7) is -0.311. The Hall–Kier alpha value is -2.52. The Balaban J connectivity index is 1.88. The SMILES string of the molecule is COc1ccc(F)cc1CC1CNC(=O)CN(S(=O)c2ccc(Cl)nc2)C1=O. The molecular formula is C18H17ClFN3O4S. The number of hydrogen-bond donors (Lipinski definition) is 1. The number of carbonyl (C=O) groups excluding carboxylic acids is 2. The molecule has 1 fully saturated rings. The number of methoxy groups -OCH3 is 1. The normalized spacial score (nSPS) is 18.4. The van der Waals surface area contributed by atoms with Crippen LogP contribution in [0.1, 0.15) is 5.56 Å². The Bertz CT molecular complexity index is 926. The summed E-state index contributed by atoms with van der Waals surface area (Å²) >= 11 is 5.74. The summed E-state index contributed by atoms with van der Waals surface area (Å²) in [7, 11) is -0.487. The number of aromatic nitrogens is 1. The summed E-state index contributed by atoms with van der Waals surface area (Å²) in [5.41, 5.74) is 0.482. The molecule has 0 radical (unpaired) electrons. The van der Waals surface area contributed by atoms with E-state index in [1.54, 1.807) is 0 Å². The van der Waals surface area contributed by atoms with Crippen LogP contribution in [0.3, 0.4) is 0 Å². The molecule has 7 nitrogen and oxygen atoms in total. The fraction of sp³-hybridized carbons (Fsp3) is 0.278. The zero-order chi connectivity index (χ0) is 20.3. The second-order valence-electron chi connectivity index (χ2n) is 6.10. The number of rotatable bonds is 5. The number of amides is 2. The van der Waals surface area contributed by atoms with Crippen LogP contribution >= 0.6 is 11.6 Å². The first-order valence-corrected chi connectivity index (χ1v) is 9.81. The molecule has 1 aliphatic rings. The van der Waals surface area contributed by atoms with E-state index in [1.807, 2.05) is 0 Å². The van der Waals surface area contributed by atoms with Crippen LogP contribution in [0, 0.1) is 11.7 Å². The first-order chi connectivity index (χ1) is 13.4. The fourth-order valence-electron chi connectivity index (χ4n) is 2.86. The van der Waals surface area contributed by atoms with Crippen LogP contribution < -0.4 is 10.1 Å². The quantitative estimate of drug-likeness (QED) is 0.737. The van der Waals surface area contributed by atoms with Gasteiger partial charge in [0.2, 0.25) is 11.8 Å². The van der Waals surface area contributed by atoms with E-state index in [9.17, 15) is 18.2 Å². The predicted octanol–water partition coefficient (Wildman–Crippen LogP) is 1.72. The first-order valence-electron chi connectivity index (χ1n) is 8.33. The zero-order valence-electron chi connectivity index (χ0n) is 14.9. The van der Waals surface area contributed by atoms with Gasteiger partial charge in [0.25, 0.3) is 0 Å². The van der Waals surface area contributed by atoms with Gasteiger partial charge in [0.1, 0.15) is 23.3 Å². The smallest absolute Gasteiger partial charge is 0.240 e. The van der Waals surface area contributed by atoms with Gasteiger partial charge in [-0.25, -0.2) is 17.9 Å². The van der Waals surface area contributed by atoms with Crippen molar-refractivity contribution in [1.29, 1.82) is 0 Å². The van der Waals surface area contributed by atoms with Crippen LogP contribution in [0.25, 0.3) is 0 Å². The van der Waals surface area contributed by atoms with Crippen LogP contribution in [-0.2, 0) is 27.0 Å². The third-order valence-corrected chi connectivity index (χ3v) is 5.82. The summed E-state index contributed by atoms with van der Waals surface area (Å²) in [5.74, 6) is -1.69. The second kappa shape index (κ2) is 8.66. The predicted molar refractivity (Wildman–Crippen MR) is 101 cm³/mol. The van der Waals surface area contributed by atoms with Gasteiger partial charge in [0.15, 0.2) is 11.0 Å². The molecule has 10 heteroatoms. The highest BCUT2D eigenvalue weighted by Crippen LogP contribution is 2.25. The van der Waals surface area contributed by atoms with E-state index in [-0.39, 0.29) is 29.6 Å². The van der Waals surface area contributed by atoms with Gasteiger partial charge in [-0.2, -0.15) is 0 Å². The number of ether oxygens (including phenoxy) is 1. The van der Waals surface area contributed by atoms with E-state index in [1.165, 1.54) is 43.6 Å². The third kappa shape index (κ3) is 4.48. The number of benzene rings is 1. The van der Waals surface area contributed by atoms with Gasteiger partial charge in [-0.15, -0.1) is 0 Å². The molecule has 0 spiro atoms. The molecule has 1 aromatic heterocycles. The zero-order valence-corrected chi connectivity index (χ0v) is 16.4. The Morgan fingerprint density at radius 3 is 2.82 bits per heavy atom. The van der Waals surface area contributed by atoms with Crippen molar-refractivity contribution in [1.82, 2.24) is 14.6 Å². The van der Waals surface area contributed by atoms with Crippen molar-refractivity contribution in [3.63, 3.8) is 0 Å². The molecule has 0 aliphatic carbocycles. The lowest BCUT2D eigenvalue weighted by Crippen LogP contribution is -2.39. The molecule has 28 heavy (non-hydrogen) atoms. The largest absolute Gasteiger partial charge is 0.496 e. The standard InChI is InChI=1S/C18H17ClFN3O4S/c1-27-15-4-2-13(20)7-11(15)6-12-8-22-17(24)10-23(18(12)25)28(26)14-3-5-16(19)21-9-14/h2-5,7,9,12H,6,8,10H2,1H3,(H,22,24). The van der Waals surface area contributed by atoms with E-state index >= 15 is 0 Å². The van der Waals surface area contributed by atoms with Crippen LogP contribution in [0.4, 0.5) is 4.39 Å². The van der Waals surface area contributed by atoms with Crippen molar-refractivity contribution in [3.8, 4) is 5.75 Å². The maximum absolute atomic E-state index is 13.6. The molecule has 3 rings (SSSR count). The molecule has 1 N–H and O–H groups in total. The van der Waals surface area contributed by atoms with Gasteiger partial charge < -0.3 is 10.1 Å². The van der Waals surface area contributed by atoms with E-state index in [2.05, 4.69) is 10.3 Å². The van der Waals surface area contributed by atoms with Crippen molar-refractivity contribution in [2.75, 3.05) is 20.2 Å². The number of nitrogens with one attached hydrogen (secondary N) is 1. The van der Waals surface area contributed by atoms with Crippen molar-refractivity contribution < 1.29 is 22.9 Å². The summed E-state index contributed by atoms with van der Waals surface area (Å²) in [6.07, 6.45) is 1.41. The monoisotopic (exact) mass is 425 g/mol. The minimum Gasteiger partial charge on any atom is -0.496 e. The molecule has 0 bridgehead atoms.